The molecule has 0 spiro atoms. The van der Waals surface area contributed by atoms with Crippen molar-refractivity contribution in [3.63, 3.8) is 0 Å². The number of alkyl halides is 1. The third-order valence-corrected chi connectivity index (χ3v) is 1.80. The van der Waals surface area contributed by atoms with Crippen LogP contribution in [0.15, 0.2) is 22.9 Å². The van der Waals surface area contributed by atoms with Gasteiger partial charge in [0.1, 0.15) is 0 Å². The lowest BCUT2D eigenvalue weighted by Crippen LogP contribution is -2.18. The molecule has 0 N–H and O–H groups in total. The van der Waals surface area contributed by atoms with Crippen molar-refractivity contribution in [1.82, 2.24) is 4.98 Å². The predicted octanol–water partition coefficient (Wildman–Crippen LogP) is 1.53. The molecule has 1 nitrogen and oxygen atoms in total. The van der Waals surface area contributed by atoms with Gasteiger partial charge in [0.25, 0.3) is 0 Å². The minimum Gasteiger partial charge on any atom is -0.263 e. The molecule has 5 heteroatoms. The van der Waals surface area contributed by atoms with E-state index in [2.05, 4.69) is 20.9 Å². The smallest absolute Gasteiger partial charge is 0.0896 e. The molecule has 0 atom stereocenters. The van der Waals surface area contributed by atoms with Gasteiger partial charge >= 0.3 is 0 Å². The van der Waals surface area contributed by atoms with E-state index in [9.17, 15) is 0 Å². The Bertz CT molecular complexity index is 261. The molecule has 0 aromatic carbocycles. The first-order valence-corrected chi connectivity index (χ1v) is 4.05. The maximum absolute atomic E-state index is 5.63. The number of hydrogen-bond acceptors (Lipinski definition) is 1. The number of nitrogens with zero attached hydrogens (tertiary/aromatic N) is 1. The molecule has 1 heterocycles. The van der Waals surface area contributed by atoms with Crippen LogP contribution in [0.5, 0.6) is 0 Å². The Morgan fingerprint density at radius 3 is 2.45 bits per heavy atom. The molecule has 52 valence electrons. The Morgan fingerprint density at radius 1 is 1.45 bits per heavy atom. The highest BCUT2D eigenvalue weighted by Crippen LogP contribution is 2.22. The van der Waals surface area contributed by atoms with Gasteiger partial charge in [-0.05, 0) is 32.2 Å². The van der Waals surface area contributed by atoms with E-state index in [-0.39, 0.29) is 0 Å². The highest BCUT2D eigenvalue weighted by atomic mass is 79.9. The quantitative estimate of drug-likeness (QED) is 0.522. The van der Waals surface area contributed by atoms with E-state index in [1.807, 2.05) is 0 Å². The summed E-state index contributed by atoms with van der Waals surface area (Å²) < 4.78 is -0.535. The lowest BCUT2D eigenvalue weighted by atomic mass is 9.66. The first-order chi connectivity index (χ1) is 5.00. The first-order valence-electron chi connectivity index (χ1n) is 2.88. The molecule has 1 aromatic rings. The molecule has 0 amide bonds. The molecule has 1 aromatic heterocycles. The van der Waals surface area contributed by atoms with Crippen LogP contribution in [-0.4, -0.2) is 20.7 Å². The molecule has 0 aliphatic rings. The Kier molecular flexibility index (Phi) is 2.66. The van der Waals surface area contributed by atoms with Crippen LogP contribution in [0.3, 0.4) is 0 Å². The van der Waals surface area contributed by atoms with Crippen LogP contribution in [0.1, 0.15) is 5.56 Å². The highest BCUT2D eigenvalue weighted by molar-refractivity contribution is 9.10. The number of rotatable bonds is 1. The maximum atomic E-state index is 5.63. The van der Waals surface area contributed by atoms with Crippen molar-refractivity contribution in [2.45, 2.75) is 4.67 Å². The second-order valence-electron chi connectivity index (χ2n) is 2.16. The fourth-order valence-electron chi connectivity index (χ4n) is 0.621. The van der Waals surface area contributed by atoms with E-state index in [0.29, 0.717) is 5.56 Å². The monoisotopic (exact) mass is 225 g/mol. The minimum absolute atomic E-state index is 0.577. The van der Waals surface area contributed by atoms with Crippen LogP contribution < -0.4 is 0 Å². The Balaban J connectivity index is 3.06. The lowest BCUT2D eigenvalue weighted by Gasteiger charge is -2.16. The standard InChI is InChI=1S/C6H3B2BrClN/c7-6(8,10)4-1-5(9)3-11-2-4/h1-3H. The average Bonchev–Trinajstić information content (AvgIpc) is 1.86. The number of halogens is 2. The predicted molar refractivity (Wildman–Crippen MR) is 51.0 cm³/mol. The number of hydrogen-bond donors (Lipinski definition) is 0. The summed E-state index contributed by atoms with van der Waals surface area (Å²) in [7, 11) is 10.8. The van der Waals surface area contributed by atoms with Crippen molar-refractivity contribution in [2.24, 2.45) is 0 Å². The largest absolute Gasteiger partial charge is 0.263 e. The van der Waals surface area contributed by atoms with Gasteiger partial charge in [-0.2, -0.15) is 0 Å². The molecule has 0 saturated heterocycles. The summed E-state index contributed by atoms with van der Waals surface area (Å²) in [4.78, 5) is 3.86. The summed E-state index contributed by atoms with van der Waals surface area (Å²) in [5, 5.41) is 0. The Morgan fingerprint density at radius 2 is 2.09 bits per heavy atom. The van der Waals surface area contributed by atoms with Crippen LogP contribution in [-0.2, 0) is 4.67 Å². The van der Waals surface area contributed by atoms with E-state index in [0.717, 1.165) is 4.47 Å². The van der Waals surface area contributed by atoms with Gasteiger partial charge in [-0.25, -0.2) is 0 Å². The second kappa shape index (κ2) is 3.20. The summed E-state index contributed by atoms with van der Waals surface area (Å²) in [5.41, 5.74) is 0.577. The third-order valence-electron chi connectivity index (χ3n) is 1.15. The SMILES string of the molecule is [B]C([B])(Cl)c1cncc(Br)c1. The fraction of sp³-hybridized carbons (Fsp3) is 0.167. The molecule has 1 rings (SSSR count). The van der Waals surface area contributed by atoms with Gasteiger partial charge in [-0.15, -0.1) is 11.6 Å². The van der Waals surface area contributed by atoms with Crippen LogP contribution in [0.25, 0.3) is 0 Å². The molecule has 0 aliphatic carbocycles. The van der Waals surface area contributed by atoms with E-state index in [1.54, 1.807) is 12.3 Å². The maximum Gasteiger partial charge on any atom is 0.0896 e. The van der Waals surface area contributed by atoms with Crippen LogP contribution in [0.2, 0.25) is 0 Å². The highest BCUT2D eigenvalue weighted by Gasteiger charge is 2.15. The average molecular weight is 226 g/mol. The van der Waals surface area contributed by atoms with Crippen molar-refractivity contribution in [1.29, 1.82) is 0 Å². The van der Waals surface area contributed by atoms with Gasteiger partial charge in [0.05, 0.1) is 15.7 Å². The number of aromatic nitrogens is 1. The van der Waals surface area contributed by atoms with E-state index in [4.69, 9.17) is 27.3 Å². The van der Waals surface area contributed by atoms with Crippen molar-refractivity contribution in [2.75, 3.05) is 0 Å². The van der Waals surface area contributed by atoms with Crippen molar-refractivity contribution < 1.29 is 0 Å². The van der Waals surface area contributed by atoms with Crippen molar-refractivity contribution >= 4 is 43.2 Å². The Labute approximate surface area is 81.5 Å². The molecular formula is C6H3B2BrClN. The fourth-order valence-corrected chi connectivity index (χ4v) is 1.09. The molecule has 0 bridgehead atoms. The summed E-state index contributed by atoms with van der Waals surface area (Å²) in [6.45, 7) is 0. The molecule has 0 saturated carbocycles. The van der Waals surface area contributed by atoms with E-state index >= 15 is 0 Å². The van der Waals surface area contributed by atoms with Crippen LogP contribution >= 0.6 is 27.5 Å². The summed E-state index contributed by atoms with van der Waals surface area (Å²) in [5.74, 6) is 0. The summed E-state index contributed by atoms with van der Waals surface area (Å²) >= 11 is 8.85. The number of pyridine rings is 1. The van der Waals surface area contributed by atoms with E-state index in [1.165, 1.54) is 6.20 Å². The lowest BCUT2D eigenvalue weighted by molar-refractivity contribution is 1.16. The molecule has 0 aliphatic heterocycles. The summed E-state index contributed by atoms with van der Waals surface area (Å²) in [6, 6.07) is 1.72. The zero-order chi connectivity index (χ0) is 8.48. The third kappa shape index (κ3) is 2.53. The molecular weight excluding hydrogens is 223 g/mol. The first kappa shape index (κ1) is 9.14. The zero-order valence-corrected chi connectivity index (χ0v) is 7.93. The topological polar surface area (TPSA) is 12.9 Å². The van der Waals surface area contributed by atoms with Gasteiger partial charge in [-0.1, -0.05) is 0 Å². The molecule has 11 heavy (non-hydrogen) atoms. The van der Waals surface area contributed by atoms with Crippen molar-refractivity contribution in [3.8, 4) is 0 Å². The molecule has 0 fully saturated rings. The Hall–Kier alpha value is 0.0499. The van der Waals surface area contributed by atoms with E-state index < -0.39 is 4.67 Å². The molecule has 0 unspecified atom stereocenters. The van der Waals surface area contributed by atoms with Gasteiger partial charge < -0.3 is 0 Å². The van der Waals surface area contributed by atoms with Gasteiger partial charge in [0, 0.05) is 16.9 Å². The summed E-state index contributed by atoms with van der Waals surface area (Å²) in [6.07, 6.45) is 3.16. The van der Waals surface area contributed by atoms with Crippen LogP contribution in [0, 0.1) is 0 Å². The van der Waals surface area contributed by atoms with Gasteiger partial charge in [0.2, 0.25) is 0 Å². The second-order valence-corrected chi connectivity index (χ2v) is 3.70. The zero-order valence-electron chi connectivity index (χ0n) is 5.59. The minimum atomic E-state index is -1.34. The van der Waals surface area contributed by atoms with Crippen molar-refractivity contribution in [3.05, 3.63) is 28.5 Å². The van der Waals surface area contributed by atoms with Gasteiger partial charge in [-0.3, -0.25) is 4.98 Å². The van der Waals surface area contributed by atoms with Gasteiger partial charge in [0.15, 0.2) is 0 Å². The normalized spacial score (nSPS) is 11.5. The molecule has 4 radical (unpaired) electrons. The van der Waals surface area contributed by atoms with Crippen LogP contribution in [0.4, 0.5) is 0 Å².